The van der Waals surface area contributed by atoms with Gasteiger partial charge >= 0.3 is 0 Å². The highest BCUT2D eigenvalue weighted by Gasteiger charge is 2.20. The maximum Gasteiger partial charge on any atom is 0.167 e. The summed E-state index contributed by atoms with van der Waals surface area (Å²) in [4.78, 5) is 0. The number of aromatic nitrogens is 1. The molecule has 1 atom stereocenters. The summed E-state index contributed by atoms with van der Waals surface area (Å²) in [6.45, 7) is 1.08. The first kappa shape index (κ1) is 12.1. The molecule has 0 saturated carbocycles. The largest absolute Gasteiger partial charge is 0.356 e. The van der Waals surface area contributed by atoms with Gasteiger partial charge < -0.3 is 9.84 Å². The van der Waals surface area contributed by atoms with Crippen LogP contribution in [-0.4, -0.2) is 11.7 Å². The molecule has 1 aromatic carbocycles. The van der Waals surface area contributed by atoms with E-state index in [1.165, 1.54) is 6.42 Å². The van der Waals surface area contributed by atoms with E-state index in [1.54, 1.807) is 0 Å². The first-order valence-corrected chi connectivity index (χ1v) is 5.69. The number of rotatable bonds is 2. The summed E-state index contributed by atoms with van der Waals surface area (Å²) in [5.41, 5.74) is 2.11. The molecule has 3 nitrogen and oxygen atoms in total. The van der Waals surface area contributed by atoms with Crippen molar-refractivity contribution in [1.29, 1.82) is 0 Å². The van der Waals surface area contributed by atoms with Gasteiger partial charge in [0.05, 0.1) is 6.04 Å². The summed E-state index contributed by atoms with van der Waals surface area (Å²) in [7, 11) is 0. The molecule has 0 radical (unpaired) electrons. The van der Waals surface area contributed by atoms with Crippen molar-refractivity contribution in [3.63, 3.8) is 0 Å². The van der Waals surface area contributed by atoms with Crippen LogP contribution in [0, 0.1) is 0 Å². The molecule has 0 bridgehead atoms. The van der Waals surface area contributed by atoms with Crippen LogP contribution >= 0.6 is 12.4 Å². The van der Waals surface area contributed by atoms with Gasteiger partial charge in [-0.15, -0.1) is 12.4 Å². The van der Waals surface area contributed by atoms with Crippen molar-refractivity contribution in [1.82, 2.24) is 10.5 Å². The second-order valence-electron chi connectivity index (χ2n) is 4.13. The van der Waals surface area contributed by atoms with E-state index >= 15 is 0 Å². The molecular weight excluding hydrogens is 236 g/mol. The molecule has 1 aliphatic rings. The van der Waals surface area contributed by atoms with Gasteiger partial charge in [0.15, 0.2) is 5.76 Å². The fourth-order valence-corrected chi connectivity index (χ4v) is 2.13. The van der Waals surface area contributed by atoms with E-state index in [-0.39, 0.29) is 12.4 Å². The number of hydrogen-bond donors (Lipinski definition) is 1. The average molecular weight is 251 g/mol. The third-order valence-electron chi connectivity index (χ3n) is 3.00. The molecule has 90 valence electrons. The Bertz CT molecular complexity index is 463. The van der Waals surface area contributed by atoms with Gasteiger partial charge in [0, 0.05) is 11.6 Å². The lowest BCUT2D eigenvalue weighted by Gasteiger charge is -2.02. The lowest BCUT2D eigenvalue weighted by atomic mass is 10.1. The van der Waals surface area contributed by atoms with Crippen molar-refractivity contribution < 1.29 is 4.52 Å². The number of nitrogens with zero attached hydrogens (tertiary/aromatic N) is 1. The van der Waals surface area contributed by atoms with E-state index < -0.39 is 0 Å². The van der Waals surface area contributed by atoms with Crippen LogP contribution in [0.3, 0.4) is 0 Å². The monoisotopic (exact) mass is 250 g/mol. The molecule has 0 amide bonds. The standard InChI is InChI=1S/C13H14N2O.ClH/c1-2-5-10(6-3-1)13-9-12(15-16-13)11-7-4-8-14-11;/h1-3,5-6,9,11,14H,4,7-8H2;1H/t11-;/m0./s1. The number of halogens is 1. The smallest absolute Gasteiger partial charge is 0.167 e. The fourth-order valence-electron chi connectivity index (χ4n) is 2.13. The molecule has 1 aliphatic heterocycles. The third-order valence-corrected chi connectivity index (χ3v) is 3.00. The lowest BCUT2D eigenvalue weighted by molar-refractivity contribution is 0.412. The van der Waals surface area contributed by atoms with Gasteiger partial charge in [-0.25, -0.2) is 0 Å². The lowest BCUT2D eigenvalue weighted by Crippen LogP contribution is -2.12. The molecule has 2 heterocycles. The van der Waals surface area contributed by atoms with Gasteiger partial charge in [0.25, 0.3) is 0 Å². The zero-order valence-corrected chi connectivity index (χ0v) is 10.2. The second-order valence-corrected chi connectivity index (χ2v) is 4.13. The summed E-state index contributed by atoms with van der Waals surface area (Å²) in [5, 5.41) is 7.55. The topological polar surface area (TPSA) is 38.1 Å². The first-order valence-electron chi connectivity index (χ1n) is 5.69. The zero-order chi connectivity index (χ0) is 10.8. The minimum atomic E-state index is 0. The highest BCUT2D eigenvalue weighted by atomic mass is 35.5. The predicted molar refractivity (Wildman–Crippen MR) is 69.2 cm³/mol. The Morgan fingerprint density at radius 1 is 1.24 bits per heavy atom. The molecule has 1 aromatic heterocycles. The van der Waals surface area contributed by atoms with Crippen molar-refractivity contribution in [2.75, 3.05) is 6.54 Å². The molecule has 1 N–H and O–H groups in total. The summed E-state index contributed by atoms with van der Waals surface area (Å²) in [6.07, 6.45) is 2.37. The first-order chi connectivity index (χ1) is 7.93. The Morgan fingerprint density at radius 2 is 2.06 bits per heavy atom. The van der Waals surface area contributed by atoms with Crippen LogP contribution in [0.5, 0.6) is 0 Å². The van der Waals surface area contributed by atoms with E-state index in [0.29, 0.717) is 6.04 Å². The van der Waals surface area contributed by atoms with Crippen molar-refractivity contribution in [3.05, 3.63) is 42.1 Å². The molecule has 17 heavy (non-hydrogen) atoms. The van der Waals surface area contributed by atoms with Crippen molar-refractivity contribution in [2.45, 2.75) is 18.9 Å². The van der Waals surface area contributed by atoms with Crippen LogP contribution in [0.15, 0.2) is 40.9 Å². The Kier molecular flexibility index (Phi) is 3.82. The van der Waals surface area contributed by atoms with Gasteiger partial charge in [0.1, 0.15) is 5.69 Å². The number of hydrogen-bond acceptors (Lipinski definition) is 3. The Labute approximate surface area is 107 Å². The zero-order valence-electron chi connectivity index (χ0n) is 9.43. The molecule has 1 saturated heterocycles. The molecule has 0 unspecified atom stereocenters. The highest BCUT2D eigenvalue weighted by Crippen LogP contribution is 2.26. The Hall–Kier alpha value is -1.32. The van der Waals surface area contributed by atoms with Gasteiger partial charge in [-0.3, -0.25) is 0 Å². The number of nitrogens with one attached hydrogen (secondary N) is 1. The highest BCUT2D eigenvalue weighted by molar-refractivity contribution is 5.85. The quantitative estimate of drug-likeness (QED) is 0.890. The van der Waals surface area contributed by atoms with Crippen LogP contribution in [0.1, 0.15) is 24.6 Å². The molecule has 3 rings (SSSR count). The summed E-state index contributed by atoms with van der Waals surface area (Å²) < 4.78 is 5.37. The minimum Gasteiger partial charge on any atom is -0.356 e. The maximum absolute atomic E-state index is 5.37. The van der Waals surface area contributed by atoms with E-state index in [9.17, 15) is 0 Å². The van der Waals surface area contributed by atoms with Crippen molar-refractivity contribution in [3.8, 4) is 11.3 Å². The van der Waals surface area contributed by atoms with Gasteiger partial charge in [0.2, 0.25) is 0 Å². The average Bonchev–Trinajstić information content (AvgIpc) is 3.01. The number of benzene rings is 1. The molecule has 0 spiro atoms. The normalized spacial score (nSPS) is 18.9. The molecule has 2 aromatic rings. The van der Waals surface area contributed by atoms with E-state index in [1.807, 2.05) is 36.4 Å². The van der Waals surface area contributed by atoms with Crippen LogP contribution in [0.25, 0.3) is 11.3 Å². The van der Waals surface area contributed by atoms with Crippen molar-refractivity contribution in [2.24, 2.45) is 0 Å². The SMILES string of the molecule is Cl.c1ccc(-c2cc([C@@H]3CCCN3)no2)cc1. The van der Waals surface area contributed by atoms with Gasteiger partial charge in [-0.2, -0.15) is 0 Å². The molecule has 1 fully saturated rings. The van der Waals surface area contributed by atoms with Crippen LogP contribution in [0.2, 0.25) is 0 Å². The second kappa shape index (κ2) is 5.34. The predicted octanol–water partition coefficient (Wildman–Crippen LogP) is 3.19. The summed E-state index contributed by atoms with van der Waals surface area (Å²) in [5.74, 6) is 0.851. The van der Waals surface area contributed by atoms with Crippen LogP contribution < -0.4 is 5.32 Å². The molecule has 0 aliphatic carbocycles. The summed E-state index contributed by atoms with van der Waals surface area (Å²) in [6, 6.07) is 12.5. The van der Waals surface area contributed by atoms with Crippen LogP contribution in [-0.2, 0) is 0 Å². The maximum atomic E-state index is 5.37. The van der Waals surface area contributed by atoms with Gasteiger partial charge in [-0.1, -0.05) is 35.5 Å². The van der Waals surface area contributed by atoms with Crippen LogP contribution in [0.4, 0.5) is 0 Å². The Morgan fingerprint density at radius 3 is 2.76 bits per heavy atom. The van der Waals surface area contributed by atoms with Gasteiger partial charge in [-0.05, 0) is 19.4 Å². The van der Waals surface area contributed by atoms with E-state index in [0.717, 1.165) is 30.0 Å². The molecule has 4 heteroatoms. The molecular formula is C13H15ClN2O. The third kappa shape index (κ3) is 2.51. The summed E-state index contributed by atoms with van der Waals surface area (Å²) >= 11 is 0. The Balaban J connectivity index is 0.00000108. The fraction of sp³-hybridized carbons (Fsp3) is 0.308. The van der Waals surface area contributed by atoms with E-state index in [4.69, 9.17) is 4.52 Å². The van der Waals surface area contributed by atoms with E-state index in [2.05, 4.69) is 10.5 Å². The minimum absolute atomic E-state index is 0. The van der Waals surface area contributed by atoms with Crippen molar-refractivity contribution >= 4 is 12.4 Å².